The van der Waals surface area contributed by atoms with Gasteiger partial charge in [-0.1, -0.05) is 54.1 Å². The lowest BCUT2D eigenvalue weighted by Crippen LogP contribution is -2.31. The Morgan fingerprint density at radius 1 is 1.41 bits per heavy atom. The minimum atomic E-state index is 0.502. The molecular formula is C15H22BrN. The Bertz CT molecular complexity index is 360. The Hall–Kier alpha value is -0.600. The molecule has 0 aliphatic rings. The maximum atomic E-state index is 4.11. The van der Waals surface area contributed by atoms with Crippen molar-refractivity contribution in [3.8, 4) is 0 Å². The van der Waals surface area contributed by atoms with Crippen LogP contribution in [-0.4, -0.2) is 12.6 Å². The third-order valence-corrected chi connectivity index (χ3v) is 3.39. The zero-order chi connectivity index (χ0) is 12.7. The van der Waals surface area contributed by atoms with Crippen molar-refractivity contribution in [1.29, 1.82) is 0 Å². The summed E-state index contributed by atoms with van der Waals surface area (Å²) >= 11 is 3.52. The number of benzene rings is 1. The Morgan fingerprint density at radius 3 is 2.76 bits per heavy atom. The van der Waals surface area contributed by atoms with E-state index >= 15 is 0 Å². The van der Waals surface area contributed by atoms with Crippen molar-refractivity contribution in [3.05, 3.63) is 46.5 Å². The summed E-state index contributed by atoms with van der Waals surface area (Å²) in [4.78, 5) is 0. The fourth-order valence-corrected chi connectivity index (χ4v) is 2.39. The Kier molecular flexibility index (Phi) is 6.53. The summed E-state index contributed by atoms with van der Waals surface area (Å²) in [5.74, 6) is 0. The Labute approximate surface area is 113 Å². The monoisotopic (exact) mass is 295 g/mol. The minimum absolute atomic E-state index is 0.502. The predicted octanol–water partition coefficient (Wildman–Crippen LogP) is 4.33. The molecular weight excluding hydrogens is 274 g/mol. The predicted molar refractivity (Wildman–Crippen MR) is 79.4 cm³/mol. The van der Waals surface area contributed by atoms with E-state index in [-0.39, 0.29) is 0 Å². The number of nitrogens with one attached hydrogen (secondary N) is 1. The zero-order valence-electron chi connectivity index (χ0n) is 10.8. The quantitative estimate of drug-likeness (QED) is 0.739. The standard InChI is InChI=1S/C15H22BrN/c1-4-12(3)9-15(17-5-2)11-13-7-6-8-14(16)10-13/h6-8,10,15,17H,3-5,9,11H2,1-2H3. The van der Waals surface area contributed by atoms with E-state index in [1.807, 2.05) is 0 Å². The van der Waals surface area contributed by atoms with E-state index in [9.17, 15) is 0 Å². The number of halogens is 1. The summed E-state index contributed by atoms with van der Waals surface area (Å²) in [5, 5.41) is 3.54. The number of likely N-dealkylation sites (N-methyl/N-ethyl adjacent to an activating group) is 1. The van der Waals surface area contributed by atoms with E-state index in [0.717, 1.165) is 30.3 Å². The van der Waals surface area contributed by atoms with Crippen LogP contribution in [0.5, 0.6) is 0 Å². The van der Waals surface area contributed by atoms with Crippen molar-refractivity contribution in [1.82, 2.24) is 5.32 Å². The van der Waals surface area contributed by atoms with Crippen LogP contribution < -0.4 is 5.32 Å². The van der Waals surface area contributed by atoms with Gasteiger partial charge in [0.25, 0.3) is 0 Å². The van der Waals surface area contributed by atoms with Gasteiger partial charge in [-0.05, 0) is 43.5 Å². The molecule has 1 nitrogen and oxygen atoms in total. The number of hydrogen-bond acceptors (Lipinski definition) is 1. The first-order chi connectivity index (χ1) is 8.15. The van der Waals surface area contributed by atoms with Crippen LogP contribution in [0, 0.1) is 0 Å². The van der Waals surface area contributed by atoms with Crippen LogP contribution in [0.25, 0.3) is 0 Å². The molecule has 1 rings (SSSR count). The zero-order valence-corrected chi connectivity index (χ0v) is 12.4. The highest BCUT2D eigenvalue weighted by molar-refractivity contribution is 9.10. The third-order valence-electron chi connectivity index (χ3n) is 2.90. The third kappa shape index (κ3) is 5.51. The lowest BCUT2D eigenvalue weighted by atomic mass is 9.98. The Balaban J connectivity index is 2.62. The maximum Gasteiger partial charge on any atom is 0.0178 e. The maximum absolute atomic E-state index is 4.11. The summed E-state index contributed by atoms with van der Waals surface area (Å²) in [5.41, 5.74) is 2.69. The lowest BCUT2D eigenvalue weighted by molar-refractivity contribution is 0.515. The van der Waals surface area contributed by atoms with Crippen molar-refractivity contribution < 1.29 is 0 Å². The first kappa shape index (κ1) is 14.5. The highest BCUT2D eigenvalue weighted by Gasteiger charge is 2.09. The molecule has 0 heterocycles. The molecule has 0 aromatic heterocycles. The molecule has 1 aromatic rings. The minimum Gasteiger partial charge on any atom is -0.314 e. The number of rotatable bonds is 7. The van der Waals surface area contributed by atoms with E-state index in [2.05, 4.69) is 65.9 Å². The summed E-state index contributed by atoms with van der Waals surface area (Å²) in [6, 6.07) is 9.04. The van der Waals surface area contributed by atoms with Gasteiger partial charge in [0, 0.05) is 10.5 Å². The second kappa shape index (κ2) is 7.67. The molecule has 0 fully saturated rings. The molecule has 0 aliphatic heterocycles. The SMILES string of the molecule is C=C(CC)CC(Cc1cccc(Br)c1)NCC. The molecule has 1 N–H and O–H groups in total. The molecule has 0 bridgehead atoms. The molecule has 1 unspecified atom stereocenters. The topological polar surface area (TPSA) is 12.0 Å². The molecule has 2 heteroatoms. The van der Waals surface area contributed by atoms with Gasteiger partial charge in [-0.25, -0.2) is 0 Å². The van der Waals surface area contributed by atoms with Crippen molar-refractivity contribution >= 4 is 15.9 Å². The lowest BCUT2D eigenvalue weighted by Gasteiger charge is -2.19. The van der Waals surface area contributed by atoms with Crippen LogP contribution in [0.15, 0.2) is 40.9 Å². The van der Waals surface area contributed by atoms with Gasteiger partial charge < -0.3 is 5.32 Å². The smallest absolute Gasteiger partial charge is 0.0178 e. The van der Waals surface area contributed by atoms with Crippen molar-refractivity contribution in [2.24, 2.45) is 0 Å². The molecule has 0 saturated heterocycles. The van der Waals surface area contributed by atoms with Gasteiger partial charge in [-0.15, -0.1) is 0 Å². The average molecular weight is 296 g/mol. The summed E-state index contributed by atoms with van der Waals surface area (Å²) in [6.45, 7) is 9.44. The van der Waals surface area contributed by atoms with Crippen molar-refractivity contribution in [3.63, 3.8) is 0 Å². The molecule has 1 aromatic carbocycles. The second-order valence-electron chi connectivity index (χ2n) is 4.40. The fourth-order valence-electron chi connectivity index (χ4n) is 1.95. The van der Waals surface area contributed by atoms with Crippen LogP contribution in [0.1, 0.15) is 32.3 Å². The van der Waals surface area contributed by atoms with E-state index in [1.165, 1.54) is 11.1 Å². The van der Waals surface area contributed by atoms with E-state index < -0.39 is 0 Å². The van der Waals surface area contributed by atoms with Gasteiger partial charge in [0.2, 0.25) is 0 Å². The number of hydrogen-bond donors (Lipinski definition) is 1. The fraction of sp³-hybridized carbons (Fsp3) is 0.467. The van der Waals surface area contributed by atoms with Crippen LogP contribution in [0.4, 0.5) is 0 Å². The molecule has 0 spiro atoms. The first-order valence-electron chi connectivity index (χ1n) is 6.30. The molecule has 94 valence electrons. The summed E-state index contributed by atoms with van der Waals surface area (Å²) < 4.78 is 1.15. The highest BCUT2D eigenvalue weighted by Crippen LogP contribution is 2.16. The molecule has 0 radical (unpaired) electrons. The highest BCUT2D eigenvalue weighted by atomic mass is 79.9. The van der Waals surface area contributed by atoms with Crippen molar-refractivity contribution in [2.75, 3.05) is 6.54 Å². The molecule has 17 heavy (non-hydrogen) atoms. The van der Waals surface area contributed by atoms with Crippen LogP contribution in [-0.2, 0) is 6.42 Å². The van der Waals surface area contributed by atoms with Crippen LogP contribution in [0.2, 0.25) is 0 Å². The van der Waals surface area contributed by atoms with Crippen LogP contribution >= 0.6 is 15.9 Å². The second-order valence-corrected chi connectivity index (χ2v) is 5.31. The van der Waals surface area contributed by atoms with E-state index in [0.29, 0.717) is 6.04 Å². The molecule has 0 saturated carbocycles. The molecule has 0 amide bonds. The molecule has 0 aliphatic carbocycles. The normalized spacial score (nSPS) is 12.4. The van der Waals surface area contributed by atoms with Gasteiger partial charge in [-0.2, -0.15) is 0 Å². The average Bonchev–Trinajstić information content (AvgIpc) is 2.29. The van der Waals surface area contributed by atoms with Gasteiger partial charge in [0.1, 0.15) is 0 Å². The van der Waals surface area contributed by atoms with E-state index in [1.54, 1.807) is 0 Å². The Morgan fingerprint density at radius 2 is 2.18 bits per heavy atom. The van der Waals surface area contributed by atoms with Gasteiger partial charge in [0.05, 0.1) is 0 Å². The summed E-state index contributed by atoms with van der Waals surface area (Å²) in [6.07, 6.45) is 3.20. The summed E-state index contributed by atoms with van der Waals surface area (Å²) in [7, 11) is 0. The first-order valence-corrected chi connectivity index (χ1v) is 7.09. The van der Waals surface area contributed by atoms with Gasteiger partial charge in [-0.3, -0.25) is 0 Å². The van der Waals surface area contributed by atoms with Gasteiger partial charge >= 0.3 is 0 Å². The van der Waals surface area contributed by atoms with Crippen molar-refractivity contribution in [2.45, 2.75) is 39.2 Å². The molecule has 1 atom stereocenters. The van der Waals surface area contributed by atoms with E-state index in [4.69, 9.17) is 0 Å². The van der Waals surface area contributed by atoms with Gasteiger partial charge in [0.15, 0.2) is 0 Å². The largest absolute Gasteiger partial charge is 0.314 e. The van der Waals surface area contributed by atoms with Crippen LogP contribution in [0.3, 0.4) is 0 Å².